The predicted molar refractivity (Wildman–Crippen MR) is 134 cm³/mol. The lowest BCUT2D eigenvalue weighted by atomic mass is 10.0. The number of halogens is 4. The highest BCUT2D eigenvalue weighted by Crippen LogP contribution is 2.41. The molecule has 3 heterocycles. The van der Waals surface area contributed by atoms with Crippen molar-refractivity contribution in [2.45, 2.75) is 24.4 Å². The maximum absolute atomic E-state index is 14.8. The van der Waals surface area contributed by atoms with E-state index in [-0.39, 0.29) is 19.0 Å². The zero-order valence-corrected chi connectivity index (χ0v) is 22.0. The SMILES string of the molecule is CN(C)S(=O)(=O)N1CCN(C2(C(F)(F)F)C=CNC(n3ccnc3)=N2)C(C(=O)NCc2ccc(Cl)cc2)C1. The lowest BCUT2D eigenvalue weighted by Gasteiger charge is -2.48. The summed E-state index contributed by atoms with van der Waals surface area (Å²) in [6.45, 7) is -1.21. The Labute approximate surface area is 222 Å². The van der Waals surface area contributed by atoms with Gasteiger partial charge in [-0.1, -0.05) is 23.7 Å². The minimum Gasteiger partial charge on any atom is -0.351 e. The van der Waals surface area contributed by atoms with Crippen molar-refractivity contribution in [3.8, 4) is 0 Å². The maximum Gasteiger partial charge on any atom is 0.431 e. The third-order valence-electron chi connectivity index (χ3n) is 6.22. The fourth-order valence-electron chi connectivity index (χ4n) is 4.20. The van der Waals surface area contributed by atoms with Crippen LogP contribution in [0.4, 0.5) is 13.2 Å². The van der Waals surface area contributed by atoms with Crippen molar-refractivity contribution in [2.75, 3.05) is 33.7 Å². The average molecular weight is 575 g/mol. The Morgan fingerprint density at radius 2 is 1.97 bits per heavy atom. The largest absolute Gasteiger partial charge is 0.431 e. The molecule has 2 N–H and O–H groups in total. The standard InChI is InChI=1S/C22H26ClF3N8O3S/c1-31(2)38(36,37)33-11-12-34(18(14-33)19(35)29-13-16-3-5-17(23)6-4-16)21(22(24,25)26)7-8-28-20(30-21)32-10-9-27-15-32/h3-10,15,18H,11-14H2,1-2H3,(H,28,30)(H,29,35). The summed E-state index contributed by atoms with van der Waals surface area (Å²) in [7, 11) is -1.39. The molecule has 0 spiro atoms. The number of hydrogen-bond acceptors (Lipinski definition) is 7. The molecule has 1 saturated heterocycles. The normalized spacial score (nSPS) is 23.2. The lowest BCUT2D eigenvalue weighted by Crippen LogP contribution is -2.70. The molecule has 0 radical (unpaired) electrons. The minimum absolute atomic E-state index is 0.000734. The molecule has 1 fully saturated rings. The Morgan fingerprint density at radius 3 is 2.58 bits per heavy atom. The number of benzene rings is 1. The summed E-state index contributed by atoms with van der Waals surface area (Å²) in [6, 6.07) is 5.04. The quantitative estimate of drug-likeness (QED) is 0.536. The monoisotopic (exact) mass is 574 g/mol. The van der Waals surface area contributed by atoms with Gasteiger partial charge >= 0.3 is 6.18 Å². The molecule has 0 aliphatic carbocycles. The molecule has 4 rings (SSSR count). The van der Waals surface area contributed by atoms with Gasteiger partial charge in [0.2, 0.25) is 17.5 Å². The highest BCUT2D eigenvalue weighted by atomic mass is 35.5. The van der Waals surface area contributed by atoms with Crippen molar-refractivity contribution in [1.82, 2.24) is 33.7 Å². The number of alkyl halides is 3. The van der Waals surface area contributed by atoms with E-state index in [4.69, 9.17) is 11.6 Å². The summed E-state index contributed by atoms with van der Waals surface area (Å²) in [4.78, 5) is 22.2. The zero-order chi connectivity index (χ0) is 27.7. The number of aromatic nitrogens is 2. The van der Waals surface area contributed by atoms with E-state index in [1.807, 2.05) is 0 Å². The van der Waals surface area contributed by atoms with E-state index in [1.54, 1.807) is 24.3 Å². The van der Waals surface area contributed by atoms with Gasteiger partial charge in [-0.05, 0) is 23.8 Å². The highest BCUT2D eigenvalue weighted by Gasteiger charge is 2.62. The van der Waals surface area contributed by atoms with E-state index in [2.05, 4.69) is 20.6 Å². The number of carbonyl (C=O) groups excluding carboxylic acids is 1. The third-order valence-corrected chi connectivity index (χ3v) is 8.38. The number of rotatable bonds is 6. The minimum atomic E-state index is -4.96. The predicted octanol–water partition coefficient (Wildman–Crippen LogP) is 1.23. The molecule has 206 valence electrons. The van der Waals surface area contributed by atoms with Crippen LogP contribution in [-0.2, 0) is 21.5 Å². The van der Waals surface area contributed by atoms with Crippen molar-refractivity contribution in [2.24, 2.45) is 4.99 Å². The molecule has 2 aliphatic heterocycles. The van der Waals surface area contributed by atoms with Crippen LogP contribution in [0.2, 0.25) is 5.02 Å². The second-order valence-corrected chi connectivity index (χ2v) is 11.4. The summed E-state index contributed by atoms with van der Waals surface area (Å²) < 4.78 is 73.4. The molecule has 16 heteroatoms. The van der Waals surface area contributed by atoms with E-state index in [0.717, 1.165) is 25.8 Å². The molecule has 2 atom stereocenters. The van der Waals surface area contributed by atoms with Crippen molar-refractivity contribution in [1.29, 1.82) is 0 Å². The molecule has 2 aliphatic rings. The van der Waals surface area contributed by atoms with Gasteiger partial charge in [-0.3, -0.25) is 14.3 Å². The van der Waals surface area contributed by atoms with Gasteiger partial charge in [-0.25, -0.2) is 9.98 Å². The Kier molecular flexibility index (Phi) is 7.86. The topological polar surface area (TPSA) is 115 Å². The number of imidazole rings is 1. The van der Waals surface area contributed by atoms with Gasteiger partial charge in [0.25, 0.3) is 10.2 Å². The summed E-state index contributed by atoms with van der Waals surface area (Å²) >= 11 is 5.90. The Bertz CT molecular complexity index is 1320. The van der Waals surface area contributed by atoms with Crippen molar-refractivity contribution in [3.05, 3.63) is 65.8 Å². The van der Waals surface area contributed by atoms with Gasteiger partial charge in [0.05, 0.1) is 0 Å². The number of carbonyl (C=O) groups is 1. The van der Waals surface area contributed by atoms with Crippen LogP contribution in [0.15, 0.2) is 60.3 Å². The van der Waals surface area contributed by atoms with Crippen LogP contribution in [-0.4, -0.2) is 95.0 Å². The molecule has 1 aromatic heterocycles. The molecule has 2 aromatic rings. The van der Waals surface area contributed by atoms with E-state index >= 15 is 0 Å². The molecule has 1 amide bonds. The summed E-state index contributed by atoms with van der Waals surface area (Å²) in [5.41, 5.74) is -2.29. The first-order chi connectivity index (χ1) is 17.8. The second kappa shape index (κ2) is 10.6. The first-order valence-corrected chi connectivity index (χ1v) is 13.2. The van der Waals surface area contributed by atoms with E-state index in [0.29, 0.717) is 10.6 Å². The fourth-order valence-corrected chi connectivity index (χ4v) is 5.43. The first kappa shape index (κ1) is 28.0. The molecule has 11 nitrogen and oxygen atoms in total. The van der Waals surface area contributed by atoms with Gasteiger partial charge in [-0.2, -0.15) is 30.2 Å². The Balaban J connectivity index is 1.72. The number of hydrogen-bond donors (Lipinski definition) is 2. The first-order valence-electron chi connectivity index (χ1n) is 11.4. The van der Waals surface area contributed by atoms with Crippen LogP contribution in [0.3, 0.4) is 0 Å². The van der Waals surface area contributed by atoms with Crippen molar-refractivity contribution in [3.63, 3.8) is 0 Å². The molecule has 0 saturated carbocycles. The Hall–Kier alpha value is -2.98. The summed E-state index contributed by atoms with van der Waals surface area (Å²) in [6.07, 6.45) is 1.04. The Morgan fingerprint density at radius 1 is 1.26 bits per heavy atom. The van der Waals surface area contributed by atoms with Gasteiger partial charge in [0.1, 0.15) is 12.4 Å². The second-order valence-electron chi connectivity index (χ2n) is 8.81. The molecule has 1 aromatic carbocycles. The molecule has 0 bridgehead atoms. The van der Waals surface area contributed by atoms with Crippen molar-refractivity contribution < 1.29 is 26.4 Å². The van der Waals surface area contributed by atoms with Crippen molar-refractivity contribution >= 4 is 33.7 Å². The van der Waals surface area contributed by atoms with Gasteiger partial charge in [0.15, 0.2) is 0 Å². The van der Waals surface area contributed by atoms with Crippen LogP contribution in [0, 0.1) is 0 Å². The van der Waals surface area contributed by atoms with E-state index < -0.39 is 47.1 Å². The van der Waals surface area contributed by atoms with E-state index in [9.17, 15) is 26.4 Å². The average Bonchev–Trinajstić information content (AvgIpc) is 3.42. The molecular formula is C22H26ClF3N8O3S. The smallest absolute Gasteiger partial charge is 0.351 e. The number of aliphatic imine (C=N–C) groups is 1. The van der Waals surface area contributed by atoms with Crippen LogP contribution >= 0.6 is 11.6 Å². The van der Waals surface area contributed by atoms with Gasteiger partial charge < -0.3 is 10.6 Å². The lowest BCUT2D eigenvalue weighted by molar-refractivity contribution is -0.223. The maximum atomic E-state index is 14.8. The molecule has 38 heavy (non-hydrogen) atoms. The summed E-state index contributed by atoms with van der Waals surface area (Å²) in [5.74, 6) is -0.945. The number of nitrogens with one attached hydrogen (secondary N) is 2. The van der Waals surface area contributed by atoms with Crippen LogP contribution in [0.25, 0.3) is 0 Å². The molecular weight excluding hydrogens is 549 g/mol. The van der Waals surface area contributed by atoms with Crippen LogP contribution < -0.4 is 10.6 Å². The van der Waals surface area contributed by atoms with Crippen LogP contribution in [0.1, 0.15) is 5.56 Å². The number of amides is 1. The number of piperazine rings is 1. The van der Waals surface area contributed by atoms with Gasteiger partial charge in [-0.15, -0.1) is 0 Å². The van der Waals surface area contributed by atoms with Crippen LogP contribution in [0.5, 0.6) is 0 Å². The third kappa shape index (κ3) is 5.42. The van der Waals surface area contributed by atoms with Gasteiger partial charge in [0, 0.05) is 63.9 Å². The number of nitrogens with zero attached hydrogens (tertiary/aromatic N) is 6. The summed E-state index contributed by atoms with van der Waals surface area (Å²) in [5, 5.41) is 5.79. The zero-order valence-electron chi connectivity index (χ0n) is 20.4. The molecule has 2 unspecified atom stereocenters. The van der Waals surface area contributed by atoms with E-state index in [1.165, 1.54) is 37.4 Å². The fraction of sp³-hybridized carbons (Fsp3) is 0.409. The highest BCUT2D eigenvalue weighted by molar-refractivity contribution is 7.86.